The van der Waals surface area contributed by atoms with Gasteiger partial charge in [0.05, 0.1) is 18.8 Å². The summed E-state index contributed by atoms with van der Waals surface area (Å²) < 4.78 is 5.73. The van der Waals surface area contributed by atoms with Gasteiger partial charge in [0, 0.05) is 11.0 Å². The van der Waals surface area contributed by atoms with Crippen molar-refractivity contribution in [2.24, 2.45) is 0 Å². The highest BCUT2D eigenvalue weighted by Gasteiger charge is 2.11. The van der Waals surface area contributed by atoms with E-state index in [1.165, 1.54) is 0 Å². The summed E-state index contributed by atoms with van der Waals surface area (Å²) in [5, 5.41) is 11.7. The molecule has 0 bridgehead atoms. The molecule has 1 aromatic carbocycles. The van der Waals surface area contributed by atoms with Crippen LogP contribution in [0, 0.1) is 0 Å². The van der Waals surface area contributed by atoms with Crippen molar-refractivity contribution in [2.75, 3.05) is 13.7 Å². The fraction of sp³-hybridized carbons (Fsp3) is 0.364. The van der Waals surface area contributed by atoms with Crippen LogP contribution >= 0.6 is 15.9 Å². The standard InChI is InChI=1S/C11H14BrNO3/c1-7(14)6-13-11(15)9-5-8(16-2)3-4-10(9)12/h3-5,7,14H,6H2,1-2H3,(H,13,15). The zero-order chi connectivity index (χ0) is 12.1. The number of aliphatic hydroxyl groups is 1. The van der Waals surface area contributed by atoms with E-state index in [-0.39, 0.29) is 12.5 Å². The van der Waals surface area contributed by atoms with Gasteiger partial charge in [0.15, 0.2) is 0 Å². The first-order chi connectivity index (χ1) is 7.54. The Balaban J connectivity index is 2.81. The summed E-state index contributed by atoms with van der Waals surface area (Å²) in [4.78, 5) is 11.7. The van der Waals surface area contributed by atoms with Crippen LogP contribution < -0.4 is 10.1 Å². The smallest absolute Gasteiger partial charge is 0.252 e. The molecule has 0 saturated heterocycles. The maximum atomic E-state index is 11.7. The molecule has 5 heteroatoms. The van der Waals surface area contributed by atoms with Crippen LogP contribution in [-0.4, -0.2) is 30.8 Å². The number of benzene rings is 1. The first kappa shape index (κ1) is 13.0. The van der Waals surface area contributed by atoms with E-state index in [1.807, 2.05) is 0 Å². The minimum absolute atomic E-state index is 0.225. The summed E-state index contributed by atoms with van der Waals surface area (Å²) in [6, 6.07) is 5.15. The zero-order valence-electron chi connectivity index (χ0n) is 9.16. The molecule has 0 aromatic heterocycles. The summed E-state index contributed by atoms with van der Waals surface area (Å²) in [6.45, 7) is 1.84. The van der Waals surface area contributed by atoms with Crippen LogP contribution in [0.3, 0.4) is 0 Å². The summed E-state index contributed by atoms with van der Waals surface area (Å²) in [7, 11) is 1.54. The van der Waals surface area contributed by atoms with Gasteiger partial charge in [-0.1, -0.05) is 0 Å². The molecule has 2 N–H and O–H groups in total. The van der Waals surface area contributed by atoms with Crippen LogP contribution in [0.5, 0.6) is 5.75 Å². The highest BCUT2D eigenvalue weighted by atomic mass is 79.9. The molecule has 0 radical (unpaired) electrons. The van der Waals surface area contributed by atoms with E-state index in [1.54, 1.807) is 32.2 Å². The molecule has 16 heavy (non-hydrogen) atoms. The largest absolute Gasteiger partial charge is 0.497 e. The summed E-state index contributed by atoms with van der Waals surface area (Å²) in [5.41, 5.74) is 0.486. The maximum absolute atomic E-state index is 11.7. The Morgan fingerprint density at radius 2 is 2.31 bits per heavy atom. The third-order valence-corrected chi connectivity index (χ3v) is 2.67. The number of rotatable bonds is 4. The Bertz CT molecular complexity index is 379. The van der Waals surface area contributed by atoms with Crippen molar-refractivity contribution in [1.29, 1.82) is 0 Å². The van der Waals surface area contributed by atoms with Gasteiger partial charge in [-0.25, -0.2) is 0 Å². The van der Waals surface area contributed by atoms with Crippen molar-refractivity contribution >= 4 is 21.8 Å². The molecular weight excluding hydrogens is 274 g/mol. The van der Waals surface area contributed by atoms with Crippen molar-refractivity contribution < 1.29 is 14.6 Å². The Labute approximate surface area is 103 Å². The normalized spacial score (nSPS) is 12.0. The van der Waals surface area contributed by atoms with Crippen LogP contribution in [0.15, 0.2) is 22.7 Å². The van der Waals surface area contributed by atoms with Crippen LogP contribution in [0.4, 0.5) is 0 Å². The van der Waals surface area contributed by atoms with Gasteiger partial charge < -0.3 is 15.2 Å². The third-order valence-electron chi connectivity index (χ3n) is 1.98. The van der Waals surface area contributed by atoms with Gasteiger partial charge in [0.25, 0.3) is 5.91 Å². The van der Waals surface area contributed by atoms with E-state index in [0.29, 0.717) is 15.8 Å². The second-order valence-electron chi connectivity index (χ2n) is 3.40. The molecular formula is C11H14BrNO3. The van der Waals surface area contributed by atoms with E-state index >= 15 is 0 Å². The first-order valence-corrected chi connectivity index (χ1v) is 5.63. The van der Waals surface area contributed by atoms with Crippen LogP contribution in [0.2, 0.25) is 0 Å². The van der Waals surface area contributed by atoms with Crippen molar-refractivity contribution in [3.8, 4) is 5.75 Å². The number of ether oxygens (including phenoxy) is 1. The number of carbonyl (C=O) groups excluding carboxylic acids is 1. The summed E-state index contributed by atoms with van der Waals surface area (Å²) in [6.07, 6.45) is -0.562. The molecule has 0 aliphatic heterocycles. The second-order valence-corrected chi connectivity index (χ2v) is 4.26. The van der Waals surface area contributed by atoms with Crippen LogP contribution in [0.1, 0.15) is 17.3 Å². The zero-order valence-corrected chi connectivity index (χ0v) is 10.7. The average Bonchev–Trinajstić information content (AvgIpc) is 2.26. The molecule has 88 valence electrons. The molecule has 0 heterocycles. The number of methoxy groups -OCH3 is 1. The lowest BCUT2D eigenvalue weighted by Crippen LogP contribution is -2.30. The van der Waals surface area contributed by atoms with Gasteiger partial charge in [-0.05, 0) is 41.1 Å². The summed E-state index contributed by atoms with van der Waals surface area (Å²) in [5.74, 6) is 0.372. The van der Waals surface area contributed by atoms with Crippen molar-refractivity contribution in [3.63, 3.8) is 0 Å². The Kier molecular flexibility index (Phi) is 4.76. The second kappa shape index (κ2) is 5.86. The quantitative estimate of drug-likeness (QED) is 0.884. The van der Waals surface area contributed by atoms with Crippen molar-refractivity contribution in [3.05, 3.63) is 28.2 Å². The predicted molar refractivity (Wildman–Crippen MR) is 64.7 cm³/mol. The van der Waals surface area contributed by atoms with Gasteiger partial charge in [-0.15, -0.1) is 0 Å². The van der Waals surface area contributed by atoms with Crippen molar-refractivity contribution in [2.45, 2.75) is 13.0 Å². The molecule has 0 saturated carbocycles. The molecule has 1 rings (SSSR count). The molecule has 1 unspecified atom stereocenters. The Morgan fingerprint density at radius 3 is 2.88 bits per heavy atom. The van der Waals surface area contributed by atoms with E-state index < -0.39 is 6.10 Å². The molecule has 0 aliphatic rings. The monoisotopic (exact) mass is 287 g/mol. The fourth-order valence-electron chi connectivity index (χ4n) is 1.14. The molecule has 1 aromatic rings. The molecule has 0 fully saturated rings. The molecule has 1 amide bonds. The lowest BCUT2D eigenvalue weighted by Gasteiger charge is -2.09. The molecule has 4 nitrogen and oxygen atoms in total. The number of carbonyl (C=O) groups is 1. The lowest BCUT2D eigenvalue weighted by atomic mass is 10.2. The van der Waals surface area contributed by atoms with E-state index in [2.05, 4.69) is 21.2 Å². The minimum atomic E-state index is -0.562. The highest BCUT2D eigenvalue weighted by Crippen LogP contribution is 2.22. The van der Waals surface area contributed by atoms with E-state index in [4.69, 9.17) is 9.84 Å². The van der Waals surface area contributed by atoms with Gasteiger partial charge in [0.1, 0.15) is 5.75 Å². The van der Waals surface area contributed by atoms with E-state index in [9.17, 15) is 4.79 Å². The van der Waals surface area contributed by atoms with Gasteiger partial charge in [-0.3, -0.25) is 4.79 Å². The Hall–Kier alpha value is -1.07. The van der Waals surface area contributed by atoms with E-state index in [0.717, 1.165) is 0 Å². The van der Waals surface area contributed by atoms with Gasteiger partial charge >= 0.3 is 0 Å². The number of halogens is 1. The number of amides is 1. The third kappa shape index (κ3) is 3.50. The number of nitrogens with one attached hydrogen (secondary N) is 1. The number of aliphatic hydroxyl groups excluding tert-OH is 1. The predicted octanol–water partition coefficient (Wildman–Crippen LogP) is 1.57. The van der Waals surface area contributed by atoms with Crippen LogP contribution in [-0.2, 0) is 0 Å². The highest BCUT2D eigenvalue weighted by molar-refractivity contribution is 9.10. The minimum Gasteiger partial charge on any atom is -0.497 e. The molecule has 1 atom stereocenters. The topological polar surface area (TPSA) is 58.6 Å². The maximum Gasteiger partial charge on any atom is 0.252 e. The van der Waals surface area contributed by atoms with Gasteiger partial charge in [0.2, 0.25) is 0 Å². The lowest BCUT2D eigenvalue weighted by molar-refractivity contribution is 0.0923. The van der Waals surface area contributed by atoms with Crippen LogP contribution in [0.25, 0.3) is 0 Å². The van der Waals surface area contributed by atoms with Crippen molar-refractivity contribution in [1.82, 2.24) is 5.32 Å². The fourth-order valence-corrected chi connectivity index (χ4v) is 1.57. The van der Waals surface area contributed by atoms with Gasteiger partial charge in [-0.2, -0.15) is 0 Å². The Morgan fingerprint density at radius 1 is 1.62 bits per heavy atom. The average molecular weight is 288 g/mol. The molecule has 0 aliphatic carbocycles. The number of hydrogen-bond donors (Lipinski definition) is 2. The summed E-state index contributed by atoms with van der Waals surface area (Å²) >= 11 is 3.29. The molecule has 0 spiro atoms. The first-order valence-electron chi connectivity index (χ1n) is 4.84. The SMILES string of the molecule is COc1ccc(Br)c(C(=O)NCC(C)O)c1. The number of hydrogen-bond acceptors (Lipinski definition) is 3.